The van der Waals surface area contributed by atoms with E-state index in [2.05, 4.69) is 25.9 Å². The van der Waals surface area contributed by atoms with Gasteiger partial charge in [0.2, 0.25) is 0 Å². The summed E-state index contributed by atoms with van der Waals surface area (Å²) >= 11 is 8.59. The van der Waals surface area contributed by atoms with E-state index in [9.17, 15) is 8.78 Å². The molecule has 0 aliphatic heterocycles. The topological polar surface area (TPSA) is 28.7 Å². The maximum Gasteiger partial charge on any atom is 0.144 e. The van der Waals surface area contributed by atoms with Crippen LogP contribution in [0, 0.1) is 16.3 Å². The lowest BCUT2D eigenvalue weighted by Crippen LogP contribution is -2.04. The van der Waals surface area contributed by atoms with E-state index in [0.717, 1.165) is 16.2 Å². The van der Waals surface area contributed by atoms with Crippen LogP contribution < -0.4 is 0 Å². The molecule has 6 heteroatoms. The molecule has 2 aromatic rings. The van der Waals surface area contributed by atoms with Crippen LogP contribution in [0.1, 0.15) is 36.8 Å². The third kappa shape index (κ3) is 3.49. The number of aromatic amines is 1. The van der Waals surface area contributed by atoms with Crippen molar-refractivity contribution in [2.75, 3.05) is 0 Å². The summed E-state index contributed by atoms with van der Waals surface area (Å²) in [5, 5.41) is 0. The summed E-state index contributed by atoms with van der Waals surface area (Å²) in [5.41, 5.74) is 1.44. The van der Waals surface area contributed by atoms with Crippen molar-refractivity contribution in [3.8, 4) is 0 Å². The number of hydrogen-bond donors (Lipinski definition) is 1. The summed E-state index contributed by atoms with van der Waals surface area (Å²) in [7, 11) is 0. The van der Waals surface area contributed by atoms with Gasteiger partial charge in [0, 0.05) is 18.2 Å². The molecular formula is C14H13BrF2N2S. The number of H-pyrrole nitrogens is 1. The van der Waals surface area contributed by atoms with Gasteiger partial charge in [0.15, 0.2) is 0 Å². The highest BCUT2D eigenvalue weighted by Crippen LogP contribution is 2.24. The van der Waals surface area contributed by atoms with Crippen LogP contribution in [0.5, 0.6) is 0 Å². The van der Waals surface area contributed by atoms with E-state index in [1.807, 2.05) is 13.8 Å². The molecule has 2 rings (SSSR count). The SMILES string of the molecule is CC(C)c1[nH]c(Cc2cc(F)cc(F)c2)nc(=S)c1Br. The molecule has 0 fully saturated rings. The van der Waals surface area contributed by atoms with Gasteiger partial charge in [0.05, 0.1) is 4.47 Å². The first-order valence-electron chi connectivity index (χ1n) is 6.10. The molecule has 106 valence electrons. The third-order valence-electron chi connectivity index (χ3n) is 2.81. The quantitative estimate of drug-likeness (QED) is 0.791. The zero-order chi connectivity index (χ0) is 14.9. The van der Waals surface area contributed by atoms with E-state index >= 15 is 0 Å². The van der Waals surface area contributed by atoms with Gasteiger partial charge in [-0.1, -0.05) is 26.1 Å². The highest BCUT2D eigenvalue weighted by molar-refractivity contribution is 9.10. The number of hydrogen-bond acceptors (Lipinski definition) is 2. The number of aromatic nitrogens is 2. The van der Waals surface area contributed by atoms with Crippen LogP contribution >= 0.6 is 28.1 Å². The van der Waals surface area contributed by atoms with Crippen LogP contribution in [0.2, 0.25) is 0 Å². The number of nitrogens with zero attached hydrogens (tertiary/aromatic N) is 1. The van der Waals surface area contributed by atoms with Crippen molar-refractivity contribution in [1.29, 1.82) is 0 Å². The average molecular weight is 359 g/mol. The zero-order valence-corrected chi connectivity index (χ0v) is 13.4. The zero-order valence-electron chi connectivity index (χ0n) is 11.0. The van der Waals surface area contributed by atoms with Crippen molar-refractivity contribution in [2.45, 2.75) is 26.2 Å². The first kappa shape index (κ1) is 15.3. The summed E-state index contributed by atoms with van der Waals surface area (Å²) < 4.78 is 27.6. The monoisotopic (exact) mass is 358 g/mol. The van der Waals surface area contributed by atoms with Gasteiger partial charge in [0.25, 0.3) is 0 Å². The molecule has 0 amide bonds. The molecule has 1 aromatic heterocycles. The lowest BCUT2D eigenvalue weighted by Gasteiger charge is -2.11. The van der Waals surface area contributed by atoms with Crippen LogP contribution in [0.15, 0.2) is 22.7 Å². The minimum atomic E-state index is -0.597. The van der Waals surface area contributed by atoms with Crippen molar-refractivity contribution in [1.82, 2.24) is 9.97 Å². The van der Waals surface area contributed by atoms with E-state index in [4.69, 9.17) is 12.2 Å². The molecular weight excluding hydrogens is 346 g/mol. The summed E-state index contributed by atoms with van der Waals surface area (Å²) in [6, 6.07) is 3.43. The van der Waals surface area contributed by atoms with Gasteiger partial charge in [-0.25, -0.2) is 13.8 Å². The fourth-order valence-corrected chi connectivity index (χ4v) is 2.78. The van der Waals surface area contributed by atoms with Gasteiger partial charge in [0.1, 0.15) is 22.1 Å². The Morgan fingerprint density at radius 1 is 1.25 bits per heavy atom. The van der Waals surface area contributed by atoms with Crippen molar-refractivity contribution < 1.29 is 8.78 Å². The minimum Gasteiger partial charge on any atom is -0.346 e. The predicted molar refractivity (Wildman–Crippen MR) is 80.4 cm³/mol. The smallest absolute Gasteiger partial charge is 0.144 e. The van der Waals surface area contributed by atoms with Gasteiger partial charge in [-0.2, -0.15) is 0 Å². The lowest BCUT2D eigenvalue weighted by atomic mass is 10.1. The number of rotatable bonds is 3. The van der Waals surface area contributed by atoms with Gasteiger partial charge >= 0.3 is 0 Å². The Bertz CT molecular complexity index is 678. The Balaban J connectivity index is 2.41. The second-order valence-corrected chi connectivity index (χ2v) is 6.01. The molecule has 1 N–H and O–H groups in total. The number of nitrogens with one attached hydrogen (secondary N) is 1. The molecule has 2 nitrogen and oxygen atoms in total. The molecule has 0 aliphatic carbocycles. The van der Waals surface area contributed by atoms with Crippen molar-refractivity contribution in [3.05, 3.63) is 56.0 Å². The van der Waals surface area contributed by atoms with E-state index in [0.29, 0.717) is 22.4 Å². The molecule has 0 aliphatic rings. The number of benzene rings is 1. The fraction of sp³-hybridized carbons (Fsp3) is 0.286. The van der Waals surface area contributed by atoms with Gasteiger partial charge in [-0.15, -0.1) is 0 Å². The van der Waals surface area contributed by atoms with Crippen molar-refractivity contribution >= 4 is 28.1 Å². The maximum absolute atomic E-state index is 13.2. The molecule has 0 radical (unpaired) electrons. The molecule has 20 heavy (non-hydrogen) atoms. The first-order valence-corrected chi connectivity index (χ1v) is 7.30. The molecule has 0 spiro atoms. The van der Waals surface area contributed by atoms with Crippen LogP contribution in [0.25, 0.3) is 0 Å². The Labute approximate surface area is 129 Å². The van der Waals surface area contributed by atoms with Crippen LogP contribution in [0.3, 0.4) is 0 Å². The normalized spacial score (nSPS) is 11.1. The van der Waals surface area contributed by atoms with Crippen molar-refractivity contribution in [2.24, 2.45) is 0 Å². The van der Waals surface area contributed by atoms with Crippen LogP contribution in [-0.2, 0) is 6.42 Å². The fourth-order valence-electron chi connectivity index (χ4n) is 1.91. The summed E-state index contributed by atoms with van der Waals surface area (Å²) in [5.74, 6) is -0.372. The summed E-state index contributed by atoms with van der Waals surface area (Å²) in [6.45, 7) is 4.05. The summed E-state index contributed by atoms with van der Waals surface area (Å²) in [6.07, 6.45) is 0.297. The average Bonchev–Trinajstić information content (AvgIpc) is 2.31. The van der Waals surface area contributed by atoms with E-state index in [1.54, 1.807) is 0 Å². The second-order valence-electron chi connectivity index (χ2n) is 4.83. The number of halogens is 3. The minimum absolute atomic E-state index is 0.233. The Morgan fingerprint density at radius 2 is 1.85 bits per heavy atom. The summed E-state index contributed by atoms with van der Waals surface area (Å²) in [4.78, 5) is 7.41. The van der Waals surface area contributed by atoms with E-state index in [1.165, 1.54) is 12.1 Å². The predicted octanol–water partition coefficient (Wildman–Crippen LogP) is 4.89. The highest BCUT2D eigenvalue weighted by Gasteiger charge is 2.11. The molecule has 1 aromatic carbocycles. The molecule has 0 saturated carbocycles. The van der Waals surface area contributed by atoms with Crippen molar-refractivity contribution in [3.63, 3.8) is 0 Å². The Morgan fingerprint density at radius 3 is 2.40 bits per heavy atom. The Kier molecular flexibility index (Phi) is 4.65. The lowest BCUT2D eigenvalue weighted by molar-refractivity contribution is 0.580. The highest BCUT2D eigenvalue weighted by atomic mass is 79.9. The first-order chi connectivity index (χ1) is 9.36. The van der Waals surface area contributed by atoms with Crippen LogP contribution in [-0.4, -0.2) is 9.97 Å². The molecule has 0 unspecified atom stereocenters. The van der Waals surface area contributed by atoms with E-state index < -0.39 is 11.6 Å². The molecule has 0 bridgehead atoms. The second kappa shape index (κ2) is 6.10. The molecule has 0 saturated heterocycles. The Hall–Kier alpha value is -1.14. The van der Waals surface area contributed by atoms with E-state index in [-0.39, 0.29) is 5.92 Å². The maximum atomic E-state index is 13.2. The standard InChI is InChI=1S/C14H13BrF2N2S/c1-7(2)13-12(15)14(20)19-11(18-13)5-8-3-9(16)6-10(17)4-8/h3-4,6-7H,5H2,1-2H3,(H,18,19,20). The van der Waals surface area contributed by atoms with Gasteiger partial charge < -0.3 is 4.98 Å². The molecule has 0 atom stereocenters. The van der Waals surface area contributed by atoms with Gasteiger partial charge in [-0.05, 0) is 39.5 Å². The van der Waals surface area contributed by atoms with Crippen LogP contribution in [0.4, 0.5) is 8.78 Å². The molecule has 1 heterocycles. The largest absolute Gasteiger partial charge is 0.346 e. The van der Waals surface area contributed by atoms with Gasteiger partial charge in [-0.3, -0.25) is 0 Å². The third-order valence-corrected chi connectivity index (χ3v) is 4.17.